The van der Waals surface area contributed by atoms with Gasteiger partial charge in [0.05, 0.1) is 0 Å². The largest absolute Gasteiger partial charge is 0.274 e. The fourth-order valence-electron chi connectivity index (χ4n) is 0.911. The summed E-state index contributed by atoms with van der Waals surface area (Å²) in [4.78, 5) is 1.19. The maximum atomic E-state index is 5.44. The second-order valence-corrected chi connectivity index (χ2v) is 2.75. The molecule has 1 aromatic rings. The zero-order valence-electron chi connectivity index (χ0n) is 6.00. The molecule has 0 saturated heterocycles. The molecule has 2 heteroatoms. The Bertz CT molecular complexity index is 187. The highest BCUT2D eigenvalue weighted by atomic mass is 32.2. The van der Waals surface area contributed by atoms with Crippen molar-refractivity contribution in [3.8, 4) is 0 Å². The maximum absolute atomic E-state index is 5.44. The van der Waals surface area contributed by atoms with Crippen molar-refractivity contribution >= 4 is 11.9 Å². The zero-order chi connectivity index (χ0) is 7.40. The second-order valence-electron chi connectivity index (χ2n) is 2.08. The summed E-state index contributed by atoms with van der Waals surface area (Å²) in [5.41, 5.74) is 1.33. The highest BCUT2D eigenvalue weighted by molar-refractivity contribution is 7.97. The molecule has 0 aromatic heterocycles. The van der Waals surface area contributed by atoms with Crippen molar-refractivity contribution in [1.29, 1.82) is 0 Å². The van der Waals surface area contributed by atoms with Gasteiger partial charge in [-0.25, -0.2) is 0 Å². The average molecular weight is 153 g/mol. The fourth-order valence-corrected chi connectivity index (χ4v) is 1.43. The van der Waals surface area contributed by atoms with E-state index in [9.17, 15) is 0 Å². The van der Waals surface area contributed by atoms with E-state index in [1.165, 1.54) is 22.4 Å². The van der Waals surface area contributed by atoms with E-state index in [0.717, 1.165) is 6.42 Å². The van der Waals surface area contributed by atoms with Crippen molar-refractivity contribution in [3.63, 3.8) is 0 Å². The number of nitrogens with two attached hydrogens (primary N) is 1. The van der Waals surface area contributed by atoms with Gasteiger partial charge in [-0.05, 0) is 30.0 Å². The fraction of sp³-hybridized carbons (Fsp3) is 0.250. The Kier molecular flexibility index (Phi) is 2.78. The molecule has 0 heterocycles. The van der Waals surface area contributed by atoms with Gasteiger partial charge in [0, 0.05) is 4.90 Å². The summed E-state index contributed by atoms with van der Waals surface area (Å²) < 4.78 is 0. The number of benzene rings is 1. The molecule has 1 rings (SSSR count). The second kappa shape index (κ2) is 3.64. The van der Waals surface area contributed by atoms with Gasteiger partial charge in [0.2, 0.25) is 0 Å². The molecular formula is C8H11NS. The van der Waals surface area contributed by atoms with Gasteiger partial charge >= 0.3 is 0 Å². The van der Waals surface area contributed by atoms with Gasteiger partial charge in [0.25, 0.3) is 0 Å². The van der Waals surface area contributed by atoms with Crippen LogP contribution in [0, 0.1) is 0 Å². The van der Waals surface area contributed by atoms with Crippen molar-refractivity contribution in [2.24, 2.45) is 5.14 Å². The first-order valence-electron chi connectivity index (χ1n) is 3.33. The third-order valence-electron chi connectivity index (χ3n) is 1.48. The smallest absolute Gasteiger partial charge is 0.0257 e. The molecular weight excluding hydrogens is 142 g/mol. The third kappa shape index (κ3) is 1.52. The monoisotopic (exact) mass is 153 g/mol. The predicted molar refractivity (Wildman–Crippen MR) is 45.9 cm³/mol. The van der Waals surface area contributed by atoms with Gasteiger partial charge in [0.15, 0.2) is 0 Å². The van der Waals surface area contributed by atoms with Crippen LogP contribution in [-0.2, 0) is 6.42 Å². The first-order chi connectivity index (χ1) is 4.88. The molecule has 0 aliphatic rings. The van der Waals surface area contributed by atoms with Crippen LogP contribution in [0.2, 0.25) is 0 Å². The van der Waals surface area contributed by atoms with Crippen LogP contribution in [0.1, 0.15) is 12.5 Å². The lowest BCUT2D eigenvalue weighted by Crippen LogP contribution is -1.86. The molecule has 0 bridgehead atoms. The van der Waals surface area contributed by atoms with Crippen LogP contribution in [0.4, 0.5) is 0 Å². The van der Waals surface area contributed by atoms with Gasteiger partial charge in [0.1, 0.15) is 0 Å². The Morgan fingerprint density at radius 2 is 2.10 bits per heavy atom. The molecule has 2 N–H and O–H groups in total. The van der Waals surface area contributed by atoms with E-state index in [2.05, 4.69) is 13.0 Å². The molecule has 0 aliphatic heterocycles. The van der Waals surface area contributed by atoms with Crippen LogP contribution in [0.5, 0.6) is 0 Å². The van der Waals surface area contributed by atoms with Crippen molar-refractivity contribution in [3.05, 3.63) is 29.8 Å². The summed E-state index contributed by atoms with van der Waals surface area (Å²) >= 11 is 1.32. The molecule has 1 nitrogen and oxygen atoms in total. The Morgan fingerprint density at radius 3 is 2.60 bits per heavy atom. The van der Waals surface area contributed by atoms with E-state index in [0.29, 0.717) is 0 Å². The van der Waals surface area contributed by atoms with Crippen LogP contribution in [0.15, 0.2) is 29.2 Å². The number of rotatable bonds is 2. The summed E-state index contributed by atoms with van der Waals surface area (Å²) in [7, 11) is 0. The molecule has 0 radical (unpaired) electrons. The lowest BCUT2D eigenvalue weighted by Gasteiger charge is -2.01. The SMILES string of the molecule is CCc1ccccc1SN. The Morgan fingerprint density at radius 1 is 1.40 bits per heavy atom. The van der Waals surface area contributed by atoms with Gasteiger partial charge in [-0.3, -0.25) is 5.14 Å². The van der Waals surface area contributed by atoms with Crippen LogP contribution in [-0.4, -0.2) is 0 Å². The van der Waals surface area contributed by atoms with Gasteiger partial charge < -0.3 is 0 Å². The molecule has 54 valence electrons. The van der Waals surface area contributed by atoms with E-state index in [4.69, 9.17) is 5.14 Å². The highest BCUT2D eigenvalue weighted by Crippen LogP contribution is 2.17. The van der Waals surface area contributed by atoms with Gasteiger partial charge in [-0.15, -0.1) is 0 Å². The Labute approximate surface area is 65.8 Å². The van der Waals surface area contributed by atoms with E-state index in [-0.39, 0.29) is 0 Å². The average Bonchev–Trinajstić information content (AvgIpc) is 2.04. The molecule has 1 aromatic carbocycles. The third-order valence-corrected chi connectivity index (χ3v) is 2.13. The normalized spacial score (nSPS) is 9.80. The topological polar surface area (TPSA) is 26.0 Å². The summed E-state index contributed by atoms with van der Waals surface area (Å²) in [6.07, 6.45) is 1.06. The summed E-state index contributed by atoms with van der Waals surface area (Å²) in [5.74, 6) is 0. The first kappa shape index (κ1) is 7.63. The minimum atomic E-state index is 1.06. The lowest BCUT2D eigenvalue weighted by atomic mass is 10.2. The van der Waals surface area contributed by atoms with Gasteiger partial charge in [-0.1, -0.05) is 25.1 Å². The zero-order valence-corrected chi connectivity index (χ0v) is 6.82. The minimum Gasteiger partial charge on any atom is -0.274 e. The van der Waals surface area contributed by atoms with Crippen LogP contribution in [0.25, 0.3) is 0 Å². The van der Waals surface area contributed by atoms with Crippen molar-refractivity contribution < 1.29 is 0 Å². The predicted octanol–water partition coefficient (Wildman–Crippen LogP) is 2.21. The first-order valence-corrected chi connectivity index (χ1v) is 4.21. The molecule has 0 saturated carbocycles. The van der Waals surface area contributed by atoms with Crippen LogP contribution >= 0.6 is 11.9 Å². The van der Waals surface area contributed by atoms with Gasteiger partial charge in [-0.2, -0.15) is 0 Å². The molecule has 0 amide bonds. The number of hydrogen-bond donors (Lipinski definition) is 1. The summed E-state index contributed by atoms with van der Waals surface area (Å²) in [5, 5.41) is 5.44. The minimum absolute atomic E-state index is 1.06. The number of hydrogen-bond acceptors (Lipinski definition) is 2. The van der Waals surface area contributed by atoms with E-state index in [1.54, 1.807) is 0 Å². The standard InChI is InChI=1S/C8H11NS/c1-2-7-5-3-4-6-8(7)10-9/h3-6H,2,9H2,1H3. The Balaban J connectivity index is 2.96. The van der Waals surface area contributed by atoms with E-state index in [1.807, 2.05) is 18.2 Å². The maximum Gasteiger partial charge on any atom is 0.0257 e. The summed E-state index contributed by atoms with van der Waals surface area (Å²) in [6.45, 7) is 2.13. The van der Waals surface area contributed by atoms with E-state index >= 15 is 0 Å². The molecule has 0 aliphatic carbocycles. The highest BCUT2D eigenvalue weighted by Gasteiger charge is 1.95. The Hall–Kier alpha value is -0.470. The quantitative estimate of drug-likeness (QED) is 0.659. The number of aryl methyl sites for hydroxylation is 1. The molecule has 0 atom stereocenters. The lowest BCUT2D eigenvalue weighted by molar-refractivity contribution is 1.08. The molecule has 10 heavy (non-hydrogen) atoms. The van der Waals surface area contributed by atoms with Crippen molar-refractivity contribution in [2.75, 3.05) is 0 Å². The molecule has 0 unspecified atom stereocenters. The van der Waals surface area contributed by atoms with Crippen molar-refractivity contribution in [2.45, 2.75) is 18.2 Å². The molecule has 0 fully saturated rings. The molecule has 0 spiro atoms. The van der Waals surface area contributed by atoms with Crippen molar-refractivity contribution in [1.82, 2.24) is 0 Å². The van der Waals surface area contributed by atoms with Crippen LogP contribution in [0.3, 0.4) is 0 Å². The summed E-state index contributed by atoms with van der Waals surface area (Å²) in [6, 6.07) is 8.20. The van der Waals surface area contributed by atoms with E-state index < -0.39 is 0 Å². The van der Waals surface area contributed by atoms with Crippen LogP contribution < -0.4 is 5.14 Å².